The van der Waals surface area contributed by atoms with Crippen LogP contribution in [0, 0.1) is 0 Å². The van der Waals surface area contributed by atoms with Crippen LogP contribution < -0.4 is 68.1 Å². The zero-order chi connectivity index (χ0) is 5.21. The second-order valence-electron chi connectivity index (χ2n) is 0.476. The van der Waals surface area contributed by atoms with E-state index in [1.54, 1.807) is 0 Å². The molecular formula is MoNa2O5. The minimum absolute atomic E-state index is 0. The molecule has 0 N–H and O–H groups in total. The van der Waals surface area contributed by atoms with Gasteiger partial charge in [0.15, 0.2) is 0 Å². The predicted molar refractivity (Wildman–Crippen MR) is 2.46 cm³/mol. The number of rotatable bonds is 1. The predicted octanol–water partition coefficient (Wildman–Crippen LogP) is -8.68. The van der Waals surface area contributed by atoms with Crippen molar-refractivity contribution in [2.45, 2.75) is 0 Å². The van der Waals surface area contributed by atoms with Crippen LogP contribution in [0.1, 0.15) is 0 Å². The molecule has 0 atom stereocenters. The van der Waals surface area contributed by atoms with Gasteiger partial charge in [-0.15, -0.1) is 0 Å². The van der Waals surface area contributed by atoms with Crippen molar-refractivity contribution in [3.63, 3.8) is 0 Å². The van der Waals surface area contributed by atoms with Gasteiger partial charge in [-0.05, 0) is 0 Å². The molecule has 0 radical (unpaired) electrons. The quantitative estimate of drug-likeness (QED) is 0.249. The first-order valence-electron chi connectivity index (χ1n) is 0.833. The summed E-state index contributed by atoms with van der Waals surface area (Å²) in [5.74, 6) is 0. The normalized spacial score (nSPS) is 8.75. The molecule has 0 unspecified atom stereocenters. The second-order valence-corrected chi connectivity index (χ2v) is 2.82. The third kappa shape index (κ3) is 15.7. The van der Waals surface area contributed by atoms with Crippen LogP contribution in [0.4, 0.5) is 0 Å². The first-order chi connectivity index (χ1) is 2.56. The third-order valence-corrected chi connectivity index (χ3v) is 0.493. The van der Waals surface area contributed by atoms with Crippen molar-refractivity contribution in [3.8, 4) is 0 Å². The summed E-state index contributed by atoms with van der Waals surface area (Å²) in [6, 6.07) is 0. The van der Waals surface area contributed by atoms with Gasteiger partial charge in [-0.2, -0.15) is 0 Å². The molecule has 0 aromatic carbocycles. The van der Waals surface area contributed by atoms with Gasteiger partial charge in [-0.3, -0.25) is 0 Å². The summed E-state index contributed by atoms with van der Waals surface area (Å²) >= 11 is -5.87. The Bertz CT molecular complexity index is 112. The molecular weight excluding hydrogens is 222 g/mol. The molecule has 8 heteroatoms. The monoisotopic (exact) mass is 224 g/mol. The van der Waals surface area contributed by atoms with Crippen molar-refractivity contribution in [2.24, 2.45) is 0 Å². The van der Waals surface area contributed by atoms with Crippen LogP contribution in [-0.4, -0.2) is 0 Å². The zero-order valence-corrected chi connectivity index (χ0v) is 10.5. The van der Waals surface area contributed by atoms with Gasteiger partial charge in [-0.25, -0.2) is 0 Å². The summed E-state index contributed by atoms with van der Waals surface area (Å²) in [4.78, 5) is 0. The Morgan fingerprint density at radius 3 is 1.38 bits per heavy atom. The first kappa shape index (κ1) is 16.6. The third-order valence-electron chi connectivity index (χ3n) is 0.0833. The van der Waals surface area contributed by atoms with E-state index in [-0.39, 0.29) is 59.1 Å². The van der Waals surface area contributed by atoms with Crippen molar-refractivity contribution in [1.82, 2.24) is 0 Å². The molecule has 0 aromatic heterocycles. The molecule has 0 rings (SSSR count). The van der Waals surface area contributed by atoms with Gasteiger partial charge in [0, 0.05) is 0 Å². The summed E-state index contributed by atoms with van der Waals surface area (Å²) in [5, 5.41) is 8.60. The average molecular weight is 222 g/mol. The molecule has 0 heterocycles. The van der Waals surface area contributed by atoms with E-state index in [0.29, 0.717) is 0 Å². The van der Waals surface area contributed by atoms with E-state index < -0.39 is 16.7 Å². The van der Waals surface area contributed by atoms with Gasteiger partial charge in [0.2, 0.25) is 0 Å². The maximum absolute atomic E-state index is 9.02. The van der Waals surface area contributed by atoms with Gasteiger partial charge < -0.3 is 0 Å². The van der Waals surface area contributed by atoms with Crippen molar-refractivity contribution >= 4 is 0 Å². The molecule has 0 saturated heterocycles. The van der Waals surface area contributed by atoms with Crippen molar-refractivity contribution in [1.29, 1.82) is 0 Å². The molecule has 0 saturated carbocycles. The maximum atomic E-state index is 9.02. The molecule has 8 heavy (non-hydrogen) atoms. The van der Waals surface area contributed by atoms with Crippen molar-refractivity contribution in [3.05, 3.63) is 0 Å². The van der Waals surface area contributed by atoms with E-state index in [0.717, 1.165) is 0 Å². The zero-order valence-electron chi connectivity index (χ0n) is 4.45. The Hall–Kier alpha value is 2.17. The fourth-order valence-electron chi connectivity index (χ4n) is 0. The molecule has 0 fully saturated rings. The summed E-state index contributed by atoms with van der Waals surface area (Å²) < 4.78 is 29.3. The van der Waals surface area contributed by atoms with E-state index in [1.807, 2.05) is 0 Å². The molecule has 0 aromatic rings. The molecule has 38 valence electrons. The molecule has 0 spiro atoms. The second kappa shape index (κ2) is 7.28. The Morgan fingerprint density at radius 1 is 1.25 bits per heavy atom. The van der Waals surface area contributed by atoms with Crippen LogP contribution in [0.3, 0.4) is 0 Å². The van der Waals surface area contributed by atoms with Crippen LogP contribution in [0.25, 0.3) is 0 Å². The van der Waals surface area contributed by atoms with E-state index in [9.17, 15) is 0 Å². The van der Waals surface area contributed by atoms with Crippen LogP contribution >= 0.6 is 0 Å². The van der Waals surface area contributed by atoms with Crippen LogP contribution in [0.5, 0.6) is 0 Å². The van der Waals surface area contributed by atoms with Crippen molar-refractivity contribution in [2.75, 3.05) is 0 Å². The summed E-state index contributed by atoms with van der Waals surface area (Å²) in [6.45, 7) is 0. The standard InChI is InChI=1S/Mo.2Na.O2.3O/c;;;1-2;;;/q3*+1;-2;;;-1. The topological polar surface area (TPSA) is 89.5 Å². The fourth-order valence-corrected chi connectivity index (χ4v) is 0. The van der Waals surface area contributed by atoms with Crippen LogP contribution in [-0.2, 0) is 27.1 Å². The van der Waals surface area contributed by atoms with E-state index in [4.69, 9.17) is 15.8 Å². The molecule has 0 bridgehead atoms. The number of hydrogen-bond acceptors (Lipinski definition) is 5. The number of hydrogen-bond donors (Lipinski definition) is 0. The van der Waals surface area contributed by atoms with Gasteiger partial charge in [0.25, 0.3) is 0 Å². The molecule has 0 aliphatic carbocycles. The molecule has 0 aliphatic rings. The summed E-state index contributed by atoms with van der Waals surface area (Å²) in [6.07, 6.45) is 0. The van der Waals surface area contributed by atoms with Crippen LogP contribution in [0.15, 0.2) is 0 Å². The minimum atomic E-state index is -5.87. The van der Waals surface area contributed by atoms with E-state index in [1.165, 1.54) is 0 Å². The molecule has 0 amide bonds. The Kier molecular flexibility index (Phi) is 15.1. The summed E-state index contributed by atoms with van der Waals surface area (Å²) in [7, 11) is 0. The average Bonchev–Trinajstić information content (AvgIpc) is 1.35. The fraction of sp³-hybridized carbons (Fsp3) is 0. The van der Waals surface area contributed by atoms with Gasteiger partial charge in [-0.1, -0.05) is 0 Å². The summed E-state index contributed by atoms with van der Waals surface area (Å²) in [5.41, 5.74) is 0. The Balaban J connectivity index is -0.000000125. The Morgan fingerprint density at radius 2 is 1.38 bits per heavy atom. The van der Waals surface area contributed by atoms with E-state index >= 15 is 0 Å². The van der Waals surface area contributed by atoms with Crippen molar-refractivity contribution < 1.29 is 95.2 Å². The van der Waals surface area contributed by atoms with Gasteiger partial charge >= 0.3 is 95.2 Å². The van der Waals surface area contributed by atoms with Crippen LogP contribution in [0.2, 0.25) is 0 Å². The van der Waals surface area contributed by atoms with Gasteiger partial charge in [0.05, 0.1) is 0 Å². The van der Waals surface area contributed by atoms with Gasteiger partial charge in [0.1, 0.15) is 0 Å². The Labute approximate surface area is 93.6 Å². The SMILES string of the molecule is [Na+].[Na+].[O]=[Mo](=[O])([O-])[O][O-]. The first-order valence-corrected chi connectivity index (χ1v) is 4.11. The molecule has 0 aliphatic heterocycles. The molecule has 5 nitrogen and oxygen atoms in total. The van der Waals surface area contributed by atoms with E-state index in [2.05, 4.69) is 3.54 Å².